The number of aromatic amines is 1. The number of hydrogen-bond acceptors (Lipinski definition) is 3. The molecule has 0 amide bonds. The van der Waals surface area contributed by atoms with Crippen LogP contribution in [0.3, 0.4) is 0 Å². The lowest BCUT2D eigenvalue weighted by Gasteiger charge is -2.01. The SMILES string of the molecule is O=C(c1ccc(Cl)cc1)c1ccc2[nH]c(=S)oc2c1. The van der Waals surface area contributed by atoms with Gasteiger partial charge in [-0.15, -0.1) is 0 Å². The van der Waals surface area contributed by atoms with Crippen LogP contribution >= 0.6 is 23.8 Å². The van der Waals surface area contributed by atoms with Crippen molar-refractivity contribution in [3.63, 3.8) is 0 Å². The molecule has 5 heteroatoms. The van der Waals surface area contributed by atoms with Crippen LogP contribution in [0.2, 0.25) is 5.02 Å². The standard InChI is InChI=1S/C14H8ClNO2S/c15-10-4-1-8(2-5-10)13(17)9-3-6-11-12(7-9)18-14(19)16-11/h1-7H,(H,16,19). The van der Waals surface area contributed by atoms with E-state index < -0.39 is 0 Å². The smallest absolute Gasteiger partial charge is 0.266 e. The number of carbonyl (C=O) groups excluding carboxylic acids is 1. The molecule has 0 atom stereocenters. The van der Waals surface area contributed by atoms with Crippen LogP contribution in [-0.2, 0) is 0 Å². The minimum absolute atomic E-state index is 0.0825. The van der Waals surface area contributed by atoms with Crippen LogP contribution in [0.15, 0.2) is 46.9 Å². The molecule has 0 aliphatic carbocycles. The molecule has 0 unspecified atom stereocenters. The molecular weight excluding hydrogens is 282 g/mol. The molecule has 19 heavy (non-hydrogen) atoms. The van der Waals surface area contributed by atoms with Gasteiger partial charge in [0.2, 0.25) is 0 Å². The second-order valence-corrected chi connectivity index (χ2v) is 4.87. The Labute approximate surface area is 118 Å². The van der Waals surface area contributed by atoms with E-state index in [1.165, 1.54) is 0 Å². The van der Waals surface area contributed by atoms with Gasteiger partial charge in [-0.3, -0.25) is 4.79 Å². The van der Waals surface area contributed by atoms with Crippen LogP contribution in [0.1, 0.15) is 15.9 Å². The Morgan fingerprint density at radius 1 is 1.11 bits per heavy atom. The van der Waals surface area contributed by atoms with Crippen molar-refractivity contribution in [3.8, 4) is 0 Å². The van der Waals surface area contributed by atoms with E-state index in [1.807, 2.05) is 0 Å². The number of hydrogen-bond donors (Lipinski definition) is 1. The highest BCUT2D eigenvalue weighted by Gasteiger charge is 2.10. The summed E-state index contributed by atoms with van der Waals surface area (Å²) in [6.45, 7) is 0. The average Bonchev–Trinajstić information content (AvgIpc) is 2.77. The van der Waals surface area contributed by atoms with Gasteiger partial charge in [0, 0.05) is 16.1 Å². The highest BCUT2D eigenvalue weighted by Crippen LogP contribution is 2.19. The average molecular weight is 290 g/mol. The van der Waals surface area contributed by atoms with Gasteiger partial charge in [0.15, 0.2) is 11.4 Å². The van der Waals surface area contributed by atoms with Crippen molar-refractivity contribution in [3.05, 3.63) is 63.5 Å². The summed E-state index contributed by atoms with van der Waals surface area (Å²) >= 11 is 10.7. The summed E-state index contributed by atoms with van der Waals surface area (Å²) in [5.41, 5.74) is 2.48. The Balaban J connectivity index is 2.05. The molecule has 0 aliphatic heterocycles. The molecular formula is C14H8ClNO2S. The number of benzene rings is 2. The number of carbonyl (C=O) groups is 1. The lowest BCUT2D eigenvalue weighted by atomic mass is 10.0. The number of aromatic nitrogens is 1. The summed E-state index contributed by atoms with van der Waals surface area (Å²) in [6, 6.07) is 12.0. The highest BCUT2D eigenvalue weighted by atomic mass is 35.5. The van der Waals surface area contributed by atoms with Crippen LogP contribution in [0.5, 0.6) is 0 Å². The molecule has 3 aromatic rings. The zero-order valence-electron chi connectivity index (χ0n) is 9.64. The van der Waals surface area contributed by atoms with E-state index >= 15 is 0 Å². The number of nitrogens with one attached hydrogen (secondary N) is 1. The van der Waals surface area contributed by atoms with E-state index in [2.05, 4.69) is 4.98 Å². The maximum atomic E-state index is 12.3. The van der Waals surface area contributed by atoms with Gasteiger partial charge in [0.1, 0.15) is 0 Å². The Kier molecular flexibility index (Phi) is 2.97. The Bertz CT molecular complexity index is 817. The monoisotopic (exact) mass is 289 g/mol. The fraction of sp³-hybridized carbons (Fsp3) is 0. The fourth-order valence-electron chi connectivity index (χ4n) is 1.85. The van der Waals surface area contributed by atoms with Gasteiger partial charge >= 0.3 is 0 Å². The van der Waals surface area contributed by atoms with E-state index in [4.69, 9.17) is 28.2 Å². The molecule has 3 nitrogen and oxygen atoms in total. The fourth-order valence-corrected chi connectivity index (χ4v) is 2.18. The predicted octanol–water partition coefficient (Wildman–Crippen LogP) is 4.37. The van der Waals surface area contributed by atoms with Crippen molar-refractivity contribution in [2.75, 3.05) is 0 Å². The maximum absolute atomic E-state index is 12.3. The molecule has 94 valence electrons. The molecule has 0 spiro atoms. The second kappa shape index (κ2) is 4.64. The zero-order valence-corrected chi connectivity index (χ0v) is 11.2. The number of H-pyrrole nitrogens is 1. The highest BCUT2D eigenvalue weighted by molar-refractivity contribution is 7.71. The van der Waals surface area contributed by atoms with Crippen molar-refractivity contribution in [1.29, 1.82) is 0 Å². The van der Waals surface area contributed by atoms with Crippen LogP contribution in [0.25, 0.3) is 11.1 Å². The Hall–Kier alpha value is -1.91. The van der Waals surface area contributed by atoms with Crippen LogP contribution in [0.4, 0.5) is 0 Å². The van der Waals surface area contributed by atoms with E-state index in [-0.39, 0.29) is 5.78 Å². The lowest BCUT2D eigenvalue weighted by Crippen LogP contribution is -2.00. The van der Waals surface area contributed by atoms with Crippen molar-refractivity contribution in [2.45, 2.75) is 0 Å². The van der Waals surface area contributed by atoms with Gasteiger partial charge in [0.25, 0.3) is 4.84 Å². The maximum Gasteiger partial charge on any atom is 0.266 e. The summed E-state index contributed by atoms with van der Waals surface area (Å²) in [4.78, 5) is 15.5. The number of rotatable bonds is 2. The molecule has 1 heterocycles. The molecule has 1 N–H and O–H groups in total. The largest absolute Gasteiger partial charge is 0.429 e. The molecule has 0 saturated carbocycles. The van der Waals surface area contributed by atoms with Crippen molar-refractivity contribution in [1.82, 2.24) is 4.98 Å². The second-order valence-electron chi connectivity index (χ2n) is 4.06. The van der Waals surface area contributed by atoms with Crippen molar-refractivity contribution >= 4 is 40.7 Å². The van der Waals surface area contributed by atoms with E-state index in [0.717, 1.165) is 5.52 Å². The van der Waals surface area contributed by atoms with Crippen molar-refractivity contribution in [2.24, 2.45) is 0 Å². The van der Waals surface area contributed by atoms with Gasteiger partial charge in [0.05, 0.1) is 5.52 Å². The summed E-state index contributed by atoms with van der Waals surface area (Å²) in [7, 11) is 0. The quantitative estimate of drug-likeness (QED) is 0.563. The molecule has 2 aromatic carbocycles. The van der Waals surface area contributed by atoms with E-state index in [0.29, 0.717) is 26.6 Å². The molecule has 0 saturated heterocycles. The van der Waals surface area contributed by atoms with Crippen LogP contribution < -0.4 is 0 Å². The zero-order chi connectivity index (χ0) is 13.4. The third kappa shape index (κ3) is 2.32. The number of ketones is 1. The molecule has 1 aromatic heterocycles. The van der Waals surface area contributed by atoms with Gasteiger partial charge in [-0.05, 0) is 54.7 Å². The van der Waals surface area contributed by atoms with E-state index in [9.17, 15) is 4.79 Å². The molecule has 0 aliphatic rings. The summed E-state index contributed by atoms with van der Waals surface area (Å²) < 4.78 is 5.30. The van der Waals surface area contributed by atoms with Gasteiger partial charge in [-0.25, -0.2) is 0 Å². The molecule has 0 fully saturated rings. The third-order valence-corrected chi connectivity index (χ3v) is 3.23. The first-order valence-electron chi connectivity index (χ1n) is 5.56. The topological polar surface area (TPSA) is 46.0 Å². The van der Waals surface area contributed by atoms with E-state index in [1.54, 1.807) is 42.5 Å². The van der Waals surface area contributed by atoms with Gasteiger partial charge in [-0.2, -0.15) is 0 Å². The van der Waals surface area contributed by atoms with Crippen molar-refractivity contribution < 1.29 is 9.21 Å². The Morgan fingerprint density at radius 2 is 1.79 bits per heavy atom. The Morgan fingerprint density at radius 3 is 2.53 bits per heavy atom. The first-order chi connectivity index (χ1) is 9.13. The van der Waals surface area contributed by atoms with Crippen LogP contribution in [-0.4, -0.2) is 10.8 Å². The lowest BCUT2D eigenvalue weighted by molar-refractivity contribution is 0.103. The summed E-state index contributed by atoms with van der Waals surface area (Å²) in [6.07, 6.45) is 0. The summed E-state index contributed by atoms with van der Waals surface area (Å²) in [5, 5.41) is 0.600. The molecule has 0 radical (unpaired) electrons. The number of oxazole rings is 1. The molecule has 3 rings (SSSR count). The third-order valence-electron chi connectivity index (χ3n) is 2.79. The van der Waals surface area contributed by atoms with Crippen LogP contribution in [0, 0.1) is 4.84 Å². The first kappa shape index (κ1) is 12.1. The van der Waals surface area contributed by atoms with Gasteiger partial charge < -0.3 is 9.40 Å². The first-order valence-corrected chi connectivity index (χ1v) is 6.35. The van der Waals surface area contributed by atoms with Gasteiger partial charge in [-0.1, -0.05) is 11.6 Å². The minimum atomic E-state index is -0.0825. The number of halogens is 1. The molecule has 0 bridgehead atoms. The minimum Gasteiger partial charge on any atom is -0.429 e. The predicted molar refractivity (Wildman–Crippen MR) is 76.3 cm³/mol. The summed E-state index contributed by atoms with van der Waals surface area (Å²) in [5.74, 6) is -0.0825. The number of fused-ring (bicyclic) bond motifs is 1. The normalized spacial score (nSPS) is 10.8.